The molecular formula is C25H27N3O6S. The third kappa shape index (κ3) is 4.85. The van der Waals surface area contributed by atoms with Crippen LogP contribution < -0.4 is 10.7 Å². The lowest BCUT2D eigenvalue weighted by molar-refractivity contribution is 0.0524. The van der Waals surface area contributed by atoms with Crippen molar-refractivity contribution in [1.82, 2.24) is 8.87 Å². The molecule has 9 nitrogen and oxygen atoms in total. The molecule has 0 saturated carbocycles. The summed E-state index contributed by atoms with van der Waals surface area (Å²) in [6.45, 7) is 5.16. The van der Waals surface area contributed by atoms with Gasteiger partial charge < -0.3 is 14.6 Å². The van der Waals surface area contributed by atoms with Crippen molar-refractivity contribution in [1.29, 1.82) is 0 Å². The van der Waals surface area contributed by atoms with Crippen LogP contribution in [0.5, 0.6) is 0 Å². The molecule has 3 aromatic rings. The molecule has 1 aliphatic heterocycles. The molecule has 0 aliphatic carbocycles. The van der Waals surface area contributed by atoms with E-state index in [1.165, 1.54) is 40.8 Å². The monoisotopic (exact) mass is 497 g/mol. The third-order valence-electron chi connectivity index (χ3n) is 5.97. The first kappa shape index (κ1) is 24.6. The number of hydrogen-bond donors (Lipinski definition) is 1. The SMILES string of the molecule is CCOC(=O)c1cn(CC)c2ccc(NC(=O)c3cccc(S(=O)(=O)N4CCCC4)c3)cc2c1=O. The van der Waals surface area contributed by atoms with E-state index in [0.29, 0.717) is 30.8 Å². The normalized spacial score (nSPS) is 14.2. The molecule has 1 N–H and O–H groups in total. The lowest BCUT2D eigenvalue weighted by Gasteiger charge is -2.16. The Kier molecular flexibility index (Phi) is 7.04. The van der Waals surface area contributed by atoms with Crippen LogP contribution in [0.3, 0.4) is 0 Å². The van der Waals surface area contributed by atoms with E-state index in [-0.39, 0.29) is 28.0 Å². The number of benzene rings is 2. The molecule has 1 fully saturated rings. The van der Waals surface area contributed by atoms with Crippen molar-refractivity contribution in [3.05, 3.63) is 70.0 Å². The fourth-order valence-electron chi connectivity index (χ4n) is 4.17. The number of amides is 1. The summed E-state index contributed by atoms with van der Waals surface area (Å²) in [5, 5.41) is 2.99. The molecule has 2 aromatic carbocycles. The molecule has 1 aromatic heterocycles. The average molecular weight is 498 g/mol. The maximum Gasteiger partial charge on any atom is 0.343 e. The van der Waals surface area contributed by atoms with Gasteiger partial charge in [0.1, 0.15) is 5.56 Å². The Morgan fingerprint density at radius 1 is 1.06 bits per heavy atom. The van der Waals surface area contributed by atoms with Crippen LogP contribution in [0.1, 0.15) is 47.4 Å². The van der Waals surface area contributed by atoms with Crippen LogP contribution in [0.2, 0.25) is 0 Å². The molecule has 0 spiro atoms. The van der Waals surface area contributed by atoms with Gasteiger partial charge in [-0.15, -0.1) is 0 Å². The highest BCUT2D eigenvalue weighted by molar-refractivity contribution is 7.89. The summed E-state index contributed by atoms with van der Waals surface area (Å²) in [6, 6.07) is 10.7. The Hall–Kier alpha value is -3.50. The smallest absolute Gasteiger partial charge is 0.343 e. The van der Waals surface area contributed by atoms with E-state index in [1.807, 2.05) is 6.92 Å². The Morgan fingerprint density at radius 3 is 2.49 bits per heavy atom. The van der Waals surface area contributed by atoms with Gasteiger partial charge in [0.2, 0.25) is 15.5 Å². The first-order chi connectivity index (χ1) is 16.8. The molecule has 1 amide bonds. The lowest BCUT2D eigenvalue weighted by atomic mass is 10.1. The zero-order valence-electron chi connectivity index (χ0n) is 19.6. The summed E-state index contributed by atoms with van der Waals surface area (Å²) in [6.07, 6.45) is 3.12. The van der Waals surface area contributed by atoms with Gasteiger partial charge in [0, 0.05) is 42.5 Å². The van der Waals surface area contributed by atoms with E-state index < -0.39 is 27.3 Å². The number of rotatable bonds is 7. The number of sulfonamides is 1. The predicted octanol–water partition coefficient (Wildman–Crippen LogP) is 3.23. The minimum Gasteiger partial charge on any atom is -0.462 e. The summed E-state index contributed by atoms with van der Waals surface area (Å²) >= 11 is 0. The Bertz CT molecular complexity index is 1460. The number of nitrogens with one attached hydrogen (secondary N) is 1. The Balaban J connectivity index is 1.66. The van der Waals surface area contributed by atoms with Gasteiger partial charge in [-0.05, 0) is 63.1 Å². The van der Waals surface area contributed by atoms with Gasteiger partial charge in [-0.3, -0.25) is 9.59 Å². The topological polar surface area (TPSA) is 115 Å². The number of carbonyl (C=O) groups excluding carboxylic acids is 2. The van der Waals surface area contributed by atoms with Crippen LogP contribution in [0.25, 0.3) is 10.9 Å². The molecule has 184 valence electrons. The number of ether oxygens (including phenoxy) is 1. The highest BCUT2D eigenvalue weighted by Crippen LogP contribution is 2.23. The largest absolute Gasteiger partial charge is 0.462 e. The molecule has 1 aliphatic rings. The molecular weight excluding hydrogens is 470 g/mol. The Labute approximate surface area is 203 Å². The van der Waals surface area contributed by atoms with Crippen molar-refractivity contribution in [3.63, 3.8) is 0 Å². The molecule has 0 unspecified atom stereocenters. The van der Waals surface area contributed by atoms with Crippen molar-refractivity contribution in [2.75, 3.05) is 25.0 Å². The van der Waals surface area contributed by atoms with Crippen LogP contribution >= 0.6 is 0 Å². The first-order valence-electron chi connectivity index (χ1n) is 11.5. The zero-order chi connectivity index (χ0) is 25.2. The van der Waals surface area contributed by atoms with Crippen LogP contribution in [0.15, 0.2) is 58.4 Å². The van der Waals surface area contributed by atoms with Crippen LogP contribution in [0, 0.1) is 0 Å². The number of esters is 1. The van der Waals surface area contributed by atoms with Crippen LogP contribution in [-0.4, -0.2) is 48.9 Å². The number of fused-ring (bicyclic) bond motifs is 1. The minimum atomic E-state index is -3.66. The maximum atomic E-state index is 13.0. The summed E-state index contributed by atoms with van der Waals surface area (Å²) in [5.41, 5.74) is 0.567. The van der Waals surface area contributed by atoms with E-state index in [2.05, 4.69) is 5.32 Å². The van der Waals surface area contributed by atoms with Gasteiger partial charge in [0.15, 0.2) is 0 Å². The highest BCUT2D eigenvalue weighted by atomic mass is 32.2. The number of anilines is 1. The number of hydrogen-bond acceptors (Lipinski definition) is 6. The summed E-state index contributed by atoms with van der Waals surface area (Å²) in [5.74, 6) is -1.22. The van der Waals surface area contributed by atoms with Crippen molar-refractivity contribution < 1.29 is 22.7 Å². The molecule has 0 radical (unpaired) electrons. The first-order valence-corrected chi connectivity index (χ1v) is 13.0. The summed E-state index contributed by atoms with van der Waals surface area (Å²) < 4.78 is 33.9. The van der Waals surface area contributed by atoms with E-state index in [0.717, 1.165) is 12.8 Å². The van der Waals surface area contributed by atoms with E-state index in [9.17, 15) is 22.8 Å². The second-order valence-corrected chi connectivity index (χ2v) is 10.1. The van der Waals surface area contributed by atoms with Gasteiger partial charge in [-0.2, -0.15) is 4.31 Å². The fourth-order valence-corrected chi connectivity index (χ4v) is 5.73. The van der Waals surface area contributed by atoms with Crippen LogP contribution in [0.4, 0.5) is 5.69 Å². The van der Waals surface area contributed by atoms with Crippen molar-refractivity contribution in [3.8, 4) is 0 Å². The summed E-state index contributed by atoms with van der Waals surface area (Å²) in [4.78, 5) is 38.3. The standard InChI is InChI=1S/C25H27N3O6S/c1-3-27-16-21(25(31)34-4-2)23(29)20-15-18(10-11-22(20)27)26-24(30)17-8-7-9-19(14-17)35(32,33)28-12-5-6-13-28/h7-11,14-16H,3-6,12-13H2,1-2H3,(H,26,30). The minimum absolute atomic E-state index is 0.0653. The fraction of sp³-hybridized carbons (Fsp3) is 0.320. The number of nitrogens with zero attached hydrogens (tertiary/aromatic N) is 2. The molecule has 35 heavy (non-hydrogen) atoms. The number of aryl methyl sites for hydroxylation is 1. The molecule has 0 bridgehead atoms. The maximum absolute atomic E-state index is 13.0. The van der Waals surface area contributed by atoms with E-state index in [4.69, 9.17) is 4.74 Å². The number of pyridine rings is 1. The second-order valence-electron chi connectivity index (χ2n) is 8.20. The quantitative estimate of drug-likeness (QED) is 0.501. The van der Waals surface area contributed by atoms with Gasteiger partial charge in [-0.1, -0.05) is 6.07 Å². The van der Waals surface area contributed by atoms with Crippen LogP contribution in [-0.2, 0) is 21.3 Å². The van der Waals surface area contributed by atoms with Gasteiger partial charge in [0.05, 0.1) is 17.0 Å². The predicted molar refractivity (Wildman–Crippen MR) is 132 cm³/mol. The number of aromatic nitrogens is 1. The van der Waals surface area contributed by atoms with Crippen molar-refractivity contribution in [2.24, 2.45) is 0 Å². The third-order valence-corrected chi connectivity index (χ3v) is 7.87. The lowest BCUT2D eigenvalue weighted by Crippen LogP contribution is -2.28. The van der Waals surface area contributed by atoms with E-state index in [1.54, 1.807) is 23.6 Å². The van der Waals surface area contributed by atoms with Crippen molar-refractivity contribution in [2.45, 2.75) is 38.1 Å². The van der Waals surface area contributed by atoms with Crippen molar-refractivity contribution >= 4 is 38.5 Å². The zero-order valence-corrected chi connectivity index (χ0v) is 20.4. The molecule has 10 heteroatoms. The van der Waals surface area contributed by atoms with Gasteiger partial charge in [0.25, 0.3) is 5.91 Å². The molecule has 2 heterocycles. The number of carbonyl (C=O) groups is 2. The molecule has 4 rings (SSSR count). The van der Waals surface area contributed by atoms with E-state index >= 15 is 0 Å². The van der Waals surface area contributed by atoms with Gasteiger partial charge in [-0.25, -0.2) is 13.2 Å². The van der Waals surface area contributed by atoms with Gasteiger partial charge >= 0.3 is 5.97 Å². The Morgan fingerprint density at radius 2 is 1.80 bits per heavy atom. The molecule has 0 atom stereocenters. The molecule has 1 saturated heterocycles. The summed E-state index contributed by atoms with van der Waals surface area (Å²) in [7, 11) is -3.66. The average Bonchev–Trinajstić information content (AvgIpc) is 3.41. The second kappa shape index (κ2) is 10.0. The highest BCUT2D eigenvalue weighted by Gasteiger charge is 2.27.